The molecule has 0 aliphatic carbocycles. The van der Waals surface area contributed by atoms with Crippen molar-refractivity contribution in [3.05, 3.63) is 18.2 Å². The van der Waals surface area contributed by atoms with E-state index < -0.39 is 11.4 Å². The average molecular weight is 294 g/mol. The average Bonchev–Trinajstić information content (AvgIpc) is 3.05. The number of carbonyl (C=O) groups excluding carboxylic acids is 1. The summed E-state index contributed by atoms with van der Waals surface area (Å²) in [7, 11) is 0. The topological polar surface area (TPSA) is 101 Å². The number of amides is 1. The summed E-state index contributed by atoms with van der Waals surface area (Å²) in [4.78, 5) is 29.7. The molecule has 1 aliphatic heterocycles. The van der Waals surface area contributed by atoms with E-state index in [1.165, 1.54) is 0 Å². The van der Waals surface area contributed by atoms with E-state index >= 15 is 0 Å². The van der Waals surface area contributed by atoms with Crippen LogP contribution in [0.4, 0.5) is 0 Å². The quantitative estimate of drug-likeness (QED) is 0.819. The van der Waals surface area contributed by atoms with Gasteiger partial charge in [-0.2, -0.15) is 0 Å². The van der Waals surface area contributed by atoms with Gasteiger partial charge in [-0.05, 0) is 12.3 Å². The SMILES string of the molecule is CC(C)C1(C(=O)O)CCN(C(=O)c2cn(CCN)cn2)C1. The summed E-state index contributed by atoms with van der Waals surface area (Å²) in [5.74, 6) is -1.07. The lowest BCUT2D eigenvalue weighted by Crippen LogP contribution is -2.40. The first-order valence-corrected chi connectivity index (χ1v) is 7.15. The number of aromatic nitrogens is 2. The van der Waals surface area contributed by atoms with Gasteiger partial charge in [-0.1, -0.05) is 13.8 Å². The number of nitrogens with zero attached hydrogens (tertiary/aromatic N) is 3. The fourth-order valence-electron chi connectivity index (χ4n) is 2.80. The molecule has 21 heavy (non-hydrogen) atoms. The molecule has 1 aromatic rings. The van der Waals surface area contributed by atoms with Crippen LogP contribution in [0.15, 0.2) is 12.5 Å². The van der Waals surface area contributed by atoms with Crippen LogP contribution in [0.1, 0.15) is 30.8 Å². The van der Waals surface area contributed by atoms with Crippen LogP contribution in [0.25, 0.3) is 0 Å². The largest absolute Gasteiger partial charge is 0.481 e. The monoisotopic (exact) mass is 294 g/mol. The summed E-state index contributed by atoms with van der Waals surface area (Å²) in [6.07, 6.45) is 3.71. The maximum absolute atomic E-state index is 12.4. The lowest BCUT2D eigenvalue weighted by atomic mass is 9.76. The zero-order valence-corrected chi connectivity index (χ0v) is 12.5. The van der Waals surface area contributed by atoms with Crippen molar-refractivity contribution in [1.82, 2.24) is 14.5 Å². The van der Waals surface area contributed by atoms with E-state index in [4.69, 9.17) is 5.73 Å². The molecule has 1 atom stereocenters. The summed E-state index contributed by atoms with van der Waals surface area (Å²) in [5, 5.41) is 9.51. The van der Waals surface area contributed by atoms with Crippen LogP contribution in [0.3, 0.4) is 0 Å². The smallest absolute Gasteiger partial charge is 0.311 e. The second kappa shape index (κ2) is 5.85. The highest BCUT2D eigenvalue weighted by atomic mass is 16.4. The molecule has 7 nitrogen and oxygen atoms in total. The Bertz CT molecular complexity index is 540. The van der Waals surface area contributed by atoms with E-state index in [9.17, 15) is 14.7 Å². The molecule has 1 aromatic heterocycles. The van der Waals surface area contributed by atoms with Gasteiger partial charge in [0, 0.05) is 32.4 Å². The molecule has 2 heterocycles. The van der Waals surface area contributed by atoms with Gasteiger partial charge in [0.05, 0.1) is 11.7 Å². The van der Waals surface area contributed by atoms with E-state index in [0.717, 1.165) is 0 Å². The third-order valence-corrected chi connectivity index (χ3v) is 4.36. The van der Waals surface area contributed by atoms with Crippen molar-refractivity contribution in [2.24, 2.45) is 17.1 Å². The number of aliphatic carboxylic acids is 1. The molecule has 7 heteroatoms. The number of carbonyl (C=O) groups is 2. The Morgan fingerprint density at radius 1 is 1.52 bits per heavy atom. The van der Waals surface area contributed by atoms with Crippen LogP contribution in [0.5, 0.6) is 0 Å². The number of imidazole rings is 1. The zero-order valence-electron chi connectivity index (χ0n) is 12.5. The molecule has 116 valence electrons. The third-order valence-electron chi connectivity index (χ3n) is 4.36. The van der Waals surface area contributed by atoms with Gasteiger partial charge in [-0.15, -0.1) is 0 Å². The third kappa shape index (κ3) is 2.78. The highest BCUT2D eigenvalue weighted by Gasteiger charge is 2.48. The molecule has 0 bridgehead atoms. The van der Waals surface area contributed by atoms with Crippen molar-refractivity contribution in [1.29, 1.82) is 0 Å². The number of hydrogen-bond acceptors (Lipinski definition) is 4. The van der Waals surface area contributed by atoms with E-state index in [0.29, 0.717) is 31.7 Å². The Labute approximate surface area is 123 Å². The normalized spacial score (nSPS) is 22.0. The van der Waals surface area contributed by atoms with Gasteiger partial charge in [0.25, 0.3) is 5.91 Å². The van der Waals surface area contributed by atoms with E-state index in [2.05, 4.69) is 4.98 Å². The minimum Gasteiger partial charge on any atom is -0.481 e. The molecule has 0 radical (unpaired) electrons. The molecular weight excluding hydrogens is 272 g/mol. The number of hydrogen-bond donors (Lipinski definition) is 2. The fraction of sp³-hybridized carbons (Fsp3) is 0.643. The Kier molecular flexibility index (Phi) is 4.32. The molecule has 1 fully saturated rings. The lowest BCUT2D eigenvalue weighted by Gasteiger charge is -2.28. The molecule has 0 spiro atoms. The van der Waals surface area contributed by atoms with Gasteiger partial charge < -0.3 is 20.3 Å². The van der Waals surface area contributed by atoms with Gasteiger partial charge in [0.15, 0.2) is 0 Å². The van der Waals surface area contributed by atoms with Crippen molar-refractivity contribution in [3.8, 4) is 0 Å². The van der Waals surface area contributed by atoms with Crippen LogP contribution < -0.4 is 5.73 Å². The Morgan fingerprint density at radius 2 is 2.24 bits per heavy atom. The number of carboxylic acids is 1. The van der Waals surface area contributed by atoms with E-state index in [1.54, 1.807) is 22.0 Å². The number of likely N-dealkylation sites (tertiary alicyclic amines) is 1. The Balaban J connectivity index is 2.12. The molecule has 1 aliphatic rings. The zero-order chi connectivity index (χ0) is 15.6. The molecule has 1 saturated heterocycles. The Hall–Kier alpha value is -1.89. The number of nitrogens with two attached hydrogens (primary N) is 1. The fourth-order valence-corrected chi connectivity index (χ4v) is 2.80. The van der Waals surface area contributed by atoms with Crippen molar-refractivity contribution >= 4 is 11.9 Å². The number of rotatable bonds is 5. The van der Waals surface area contributed by atoms with Crippen LogP contribution in [0, 0.1) is 11.3 Å². The maximum atomic E-state index is 12.4. The predicted molar refractivity (Wildman–Crippen MR) is 76.7 cm³/mol. The summed E-state index contributed by atoms with van der Waals surface area (Å²) < 4.78 is 1.76. The van der Waals surface area contributed by atoms with Gasteiger partial charge in [-0.3, -0.25) is 9.59 Å². The Morgan fingerprint density at radius 3 is 2.76 bits per heavy atom. The second-order valence-corrected chi connectivity index (χ2v) is 5.88. The molecule has 0 aromatic carbocycles. The van der Waals surface area contributed by atoms with Gasteiger partial charge in [-0.25, -0.2) is 4.98 Å². The highest BCUT2D eigenvalue weighted by molar-refractivity contribution is 5.93. The minimum absolute atomic E-state index is 0.0254. The van der Waals surface area contributed by atoms with Crippen molar-refractivity contribution < 1.29 is 14.7 Å². The first-order valence-electron chi connectivity index (χ1n) is 7.15. The summed E-state index contributed by atoms with van der Waals surface area (Å²) >= 11 is 0. The standard InChI is InChI=1S/C14H22N4O3/c1-10(2)14(13(20)21)3-5-18(8-14)12(19)11-7-17(6-4-15)9-16-11/h7,9-10H,3-6,8,15H2,1-2H3,(H,20,21). The van der Waals surface area contributed by atoms with Gasteiger partial charge >= 0.3 is 5.97 Å². The van der Waals surface area contributed by atoms with Crippen molar-refractivity contribution in [3.63, 3.8) is 0 Å². The van der Waals surface area contributed by atoms with E-state index in [-0.39, 0.29) is 18.4 Å². The second-order valence-electron chi connectivity index (χ2n) is 5.88. The minimum atomic E-state index is -0.852. The van der Waals surface area contributed by atoms with Crippen LogP contribution in [-0.4, -0.2) is 51.1 Å². The first kappa shape index (κ1) is 15.5. The number of carboxylic acid groups (broad SMARTS) is 1. The molecule has 1 amide bonds. The molecular formula is C14H22N4O3. The lowest BCUT2D eigenvalue weighted by molar-refractivity contribution is -0.150. The molecule has 0 saturated carbocycles. The van der Waals surface area contributed by atoms with E-state index in [1.807, 2.05) is 13.8 Å². The van der Waals surface area contributed by atoms with Gasteiger partial charge in [0.2, 0.25) is 0 Å². The molecule has 2 rings (SSSR count). The summed E-state index contributed by atoms with van der Waals surface area (Å²) in [6.45, 7) is 5.54. The molecule has 1 unspecified atom stereocenters. The van der Waals surface area contributed by atoms with Crippen LogP contribution in [-0.2, 0) is 11.3 Å². The van der Waals surface area contributed by atoms with Crippen molar-refractivity contribution in [2.75, 3.05) is 19.6 Å². The van der Waals surface area contributed by atoms with Gasteiger partial charge in [0.1, 0.15) is 5.69 Å². The van der Waals surface area contributed by atoms with Crippen LogP contribution >= 0.6 is 0 Å². The van der Waals surface area contributed by atoms with Crippen LogP contribution in [0.2, 0.25) is 0 Å². The maximum Gasteiger partial charge on any atom is 0.311 e. The highest BCUT2D eigenvalue weighted by Crippen LogP contribution is 2.38. The summed E-state index contributed by atoms with van der Waals surface area (Å²) in [5.41, 5.74) is 4.95. The van der Waals surface area contributed by atoms with Crippen molar-refractivity contribution in [2.45, 2.75) is 26.8 Å². The summed E-state index contributed by atoms with van der Waals surface area (Å²) in [6, 6.07) is 0. The predicted octanol–water partition coefficient (Wildman–Crippen LogP) is 0.415. The first-order chi connectivity index (χ1) is 9.90. The molecule has 3 N–H and O–H groups in total.